The van der Waals surface area contributed by atoms with E-state index in [1.807, 2.05) is 42.5 Å². The second kappa shape index (κ2) is 7.58. The molecule has 1 fully saturated rings. The fourth-order valence-corrected chi connectivity index (χ4v) is 3.19. The summed E-state index contributed by atoms with van der Waals surface area (Å²) in [4.78, 5) is 9.25. The minimum Gasteiger partial charge on any atom is -0.497 e. The molecule has 0 atom stereocenters. The van der Waals surface area contributed by atoms with Gasteiger partial charge >= 0.3 is 0 Å². The predicted octanol–water partition coefficient (Wildman–Crippen LogP) is 3.07. The SMILES string of the molecule is COc1cccc(N2CCN(Cc3nc(-c4ccccc4)no3)CC2)c1. The molecule has 2 aromatic carbocycles. The zero-order valence-corrected chi connectivity index (χ0v) is 14.8. The molecule has 134 valence electrons. The number of anilines is 1. The van der Waals surface area contributed by atoms with E-state index in [4.69, 9.17) is 9.26 Å². The van der Waals surface area contributed by atoms with Crippen molar-refractivity contribution in [1.82, 2.24) is 15.0 Å². The molecule has 4 rings (SSSR count). The summed E-state index contributed by atoms with van der Waals surface area (Å²) in [7, 11) is 1.70. The highest BCUT2D eigenvalue weighted by atomic mass is 16.5. The number of methoxy groups -OCH3 is 1. The third-order valence-corrected chi connectivity index (χ3v) is 4.65. The molecular weight excluding hydrogens is 328 g/mol. The Morgan fingerprint density at radius 3 is 2.58 bits per heavy atom. The number of ether oxygens (including phenoxy) is 1. The van der Waals surface area contributed by atoms with Crippen LogP contribution in [0.1, 0.15) is 5.89 Å². The smallest absolute Gasteiger partial charge is 0.241 e. The van der Waals surface area contributed by atoms with Crippen molar-refractivity contribution in [1.29, 1.82) is 0 Å². The molecule has 1 aliphatic rings. The molecule has 1 aliphatic heterocycles. The van der Waals surface area contributed by atoms with Crippen LogP contribution in [-0.4, -0.2) is 48.3 Å². The van der Waals surface area contributed by atoms with Gasteiger partial charge in [0.2, 0.25) is 11.7 Å². The van der Waals surface area contributed by atoms with Gasteiger partial charge in [-0.1, -0.05) is 41.6 Å². The zero-order valence-electron chi connectivity index (χ0n) is 14.8. The van der Waals surface area contributed by atoms with E-state index in [1.54, 1.807) is 7.11 Å². The third kappa shape index (κ3) is 3.70. The van der Waals surface area contributed by atoms with Crippen LogP contribution < -0.4 is 9.64 Å². The summed E-state index contributed by atoms with van der Waals surface area (Å²) < 4.78 is 10.8. The molecule has 1 saturated heterocycles. The van der Waals surface area contributed by atoms with Gasteiger partial charge in [-0.25, -0.2) is 0 Å². The summed E-state index contributed by atoms with van der Waals surface area (Å²) in [6, 6.07) is 18.1. The van der Waals surface area contributed by atoms with Crippen LogP contribution in [0.5, 0.6) is 5.75 Å². The third-order valence-electron chi connectivity index (χ3n) is 4.65. The van der Waals surface area contributed by atoms with Gasteiger partial charge in [0, 0.05) is 43.5 Å². The van der Waals surface area contributed by atoms with E-state index in [-0.39, 0.29) is 0 Å². The Labute approximate surface area is 153 Å². The maximum absolute atomic E-state index is 5.43. The molecule has 0 spiro atoms. The van der Waals surface area contributed by atoms with Gasteiger partial charge in [-0.3, -0.25) is 4.90 Å². The average molecular weight is 350 g/mol. The van der Waals surface area contributed by atoms with Gasteiger partial charge in [-0.05, 0) is 12.1 Å². The van der Waals surface area contributed by atoms with Crippen molar-refractivity contribution >= 4 is 5.69 Å². The summed E-state index contributed by atoms with van der Waals surface area (Å²) in [6.45, 7) is 4.53. The molecule has 6 nitrogen and oxygen atoms in total. The van der Waals surface area contributed by atoms with Crippen molar-refractivity contribution in [2.75, 3.05) is 38.2 Å². The van der Waals surface area contributed by atoms with Gasteiger partial charge in [0.1, 0.15) is 5.75 Å². The molecule has 3 aromatic rings. The van der Waals surface area contributed by atoms with Crippen molar-refractivity contribution in [2.45, 2.75) is 6.54 Å². The topological polar surface area (TPSA) is 54.6 Å². The molecule has 0 amide bonds. The molecule has 0 N–H and O–H groups in total. The van der Waals surface area contributed by atoms with Crippen LogP contribution in [0, 0.1) is 0 Å². The number of rotatable bonds is 5. The van der Waals surface area contributed by atoms with E-state index in [0.29, 0.717) is 18.3 Å². The first-order chi connectivity index (χ1) is 12.8. The van der Waals surface area contributed by atoms with Crippen molar-refractivity contribution in [3.8, 4) is 17.1 Å². The minimum atomic E-state index is 0.649. The molecule has 0 aliphatic carbocycles. The molecule has 0 saturated carbocycles. The maximum atomic E-state index is 5.43. The molecule has 0 bridgehead atoms. The minimum absolute atomic E-state index is 0.649. The lowest BCUT2D eigenvalue weighted by Crippen LogP contribution is -2.46. The number of benzene rings is 2. The molecule has 26 heavy (non-hydrogen) atoms. The Balaban J connectivity index is 1.35. The molecule has 2 heterocycles. The van der Waals surface area contributed by atoms with E-state index in [9.17, 15) is 0 Å². The maximum Gasteiger partial charge on any atom is 0.241 e. The Hall–Kier alpha value is -2.86. The van der Waals surface area contributed by atoms with Crippen LogP contribution in [0.15, 0.2) is 59.1 Å². The molecule has 0 unspecified atom stereocenters. The summed E-state index contributed by atoms with van der Waals surface area (Å²) in [6.07, 6.45) is 0. The van der Waals surface area contributed by atoms with Gasteiger partial charge in [0.25, 0.3) is 0 Å². The van der Waals surface area contributed by atoms with E-state index < -0.39 is 0 Å². The quantitative estimate of drug-likeness (QED) is 0.705. The van der Waals surface area contributed by atoms with E-state index >= 15 is 0 Å². The van der Waals surface area contributed by atoms with Crippen LogP contribution in [0.4, 0.5) is 5.69 Å². The average Bonchev–Trinajstić information content (AvgIpc) is 3.18. The number of hydrogen-bond acceptors (Lipinski definition) is 6. The van der Waals surface area contributed by atoms with Crippen LogP contribution in [0.25, 0.3) is 11.4 Å². The van der Waals surface area contributed by atoms with Gasteiger partial charge in [-0.15, -0.1) is 0 Å². The van der Waals surface area contributed by atoms with E-state index in [0.717, 1.165) is 37.5 Å². The lowest BCUT2D eigenvalue weighted by Gasteiger charge is -2.35. The standard InChI is InChI=1S/C20H22N4O2/c1-25-18-9-5-8-17(14-18)24-12-10-23(11-13-24)15-19-21-20(22-26-19)16-6-3-2-4-7-16/h2-9,14H,10-13,15H2,1H3. The predicted molar refractivity (Wildman–Crippen MR) is 100 cm³/mol. The van der Waals surface area contributed by atoms with Crippen molar-refractivity contribution in [3.05, 3.63) is 60.5 Å². The first kappa shape index (κ1) is 16.6. The van der Waals surface area contributed by atoms with Crippen LogP contribution in [-0.2, 0) is 6.54 Å². The lowest BCUT2D eigenvalue weighted by atomic mass is 10.2. The Kier molecular flexibility index (Phi) is 4.84. The normalized spacial score (nSPS) is 15.2. The highest BCUT2D eigenvalue weighted by Gasteiger charge is 2.20. The van der Waals surface area contributed by atoms with Crippen molar-refractivity contribution < 1.29 is 9.26 Å². The highest BCUT2D eigenvalue weighted by molar-refractivity contribution is 5.53. The van der Waals surface area contributed by atoms with Crippen LogP contribution in [0.3, 0.4) is 0 Å². The van der Waals surface area contributed by atoms with Gasteiger partial charge < -0.3 is 14.2 Å². The first-order valence-electron chi connectivity index (χ1n) is 8.81. The fraction of sp³-hybridized carbons (Fsp3) is 0.300. The zero-order chi connectivity index (χ0) is 17.8. The molecule has 1 aromatic heterocycles. The summed E-state index contributed by atoms with van der Waals surface area (Å²) in [5.41, 5.74) is 2.18. The summed E-state index contributed by atoms with van der Waals surface area (Å²) in [5.74, 6) is 2.21. The second-order valence-corrected chi connectivity index (χ2v) is 6.34. The fourth-order valence-electron chi connectivity index (χ4n) is 3.19. The Morgan fingerprint density at radius 1 is 1.00 bits per heavy atom. The van der Waals surface area contributed by atoms with Crippen LogP contribution >= 0.6 is 0 Å². The lowest BCUT2D eigenvalue weighted by molar-refractivity contribution is 0.215. The number of piperazine rings is 1. The Morgan fingerprint density at radius 2 is 1.81 bits per heavy atom. The second-order valence-electron chi connectivity index (χ2n) is 6.34. The van der Waals surface area contributed by atoms with Crippen LogP contribution in [0.2, 0.25) is 0 Å². The Bertz CT molecular complexity index is 842. The molecule has 0 radical (unpaired) electrons. The summed E-state index contributed by atoms with van der Waals surface area (Å²) >= 11 is 0. The number of aromatic nitrogens is 2. The largest absolute Gasteiger partial charge is 0.497 e. The van der Waals surface area contributed by atoms with E-state index in [1.165, 1.54) is 5.69 Å². The monoisotopic (exact) mass is 350 g/mol. The first-order valence-corrected chi connectivity index (χ1v) is 8.81. The number of nitrogens with zero attached hydrogens (tertiary/aromatic N) is 4. The van der Waals surface area contributed by atoms with Gasteiger partial charge in [-0.2, -0.15) is 4.98 Å². The van der Waals surface area contributed by atoms with Gasteiger partial charge in [0.05, 0.1) is 13.7 Å². The molecular formula is C20H22N4O2. The van der Waals surface area contributed by atoms with Crippen molar-refractivity contribution in [3.63, 3.8) is 0 Å². The highest BCUT2D eigenvalue weighted by Crippen LogP contribution is 2.22. The molecule has 6 heteroatoms. The van der Waals surface area contributed by atoms with Crippen molar-refractivity contribution in [2.24, 2.45) is 0 Å². The van der Waals surface area contributed by atoms with Gasteiger partial charge in [0.15, 0.2) is 0 Å². The number of hydrogen-bond donors (Lipinski definition) is 0. The summed E-state index contributed by atoms with van der Waals surface area (Å²) in [5, 5.41) is 4.10. The van der Waals surface area contributed by atoms with E-state index in [2.05, 4.69) is 32.1 Å².